The third-order valence-corrected chi connectivity index (χ3v) is 5.98. The number of halogens is 1. The molecule has 0 unspecified atom stereocenters. The fourth-order valence-electron chi connectivity index (χ4n) is 4.50. The van der Waals surface area contributed by atoms with Crippen molar-refractivity contribution in [2.45, 2.75) is 45.4 Å². The van der Waals surface area contributed by atoms with Gasteiger partial charge in [-0.1, -0.05) is 56.3 Å². The second-order valence-electron chi connectivity index (χ2n) is 8.53. The van der Waals surface area contributed by atoms with E-state index in [0.29, 0.717) is 0 Å². The van der Waals surface area contributed by atoms with Gasteiger partial charge in [0.15, 0.2) is 0 Å². The van der Waals surface area contributed by atoms with E-state index in [9.17, 15) is 9.18 Å². The molecule has 4 rings (SSSR count). The number of nitrogens with zero attached hydrogens (tertiary/aromatic N) is 1. The maximum Gasteiger partial charge on any atom is 0.310 e. The van der Waals surface area contributed by atoms with E-state index in [0.717, 1.165) is 58.5 Å². The zero-order valence-corrected chi connectivity index (χ0v) is 18.8. The Morgan fingerprint density at radius 3 is 2.47 bits per heavy atom. The van der Waals surface area contributed by atoms with Crippen molar-refractivity contribution < 1.29 is 13.9 Å². The number of methoxy groups -OCH3 is 1. The highest BCUT2D eigenvalue weighted by Crippen LogP contribution is 2.41. The molecule has 1 heterocycles. The summed E-state index contributed by atoms with van der Waals surface area (Å²) < 4.78 is 18.7. The van der Waals surface area contributed by atoms with Crippen LogP contribution in [0.15, 0.2) is 54.6 Å². The predicted octanol–water partition coefficient (Wildman–Crippen LogP) is 6.60. The lowest BCUT2D eigenvalue weighted by Crippen LogP contribution is -2.17. The number of carbonyl (C=O) groups is 1. The van der Waals surface area contributed by atoms with Crippen LogP contribution in [0.3, 0.4) is 0 Å². The molecule has 164 valence electrons. The summed E-state index contributed by atoms with van der Waals surface area (Å²) in [6.07, 6.45) is 5.18. The van der Waals surface area contributed by atoms with Gasteiger partial charge in [0.25, 0.3) is 0 Å². The van der Waals surface area contributed by atoms with Gasteiger partial charge in [-0.3, -0.25) is 9.78 Å². The molecular weight excluding hydrogens is 401 g/mol. The molecule has 1 aromatic heterocycles. The van der Waals surface area contributed by atoms with Crippen molar-refractivity contribution in [3.05, 3.63) is 88.5 Å². The van der Waals surface area contributed by atoms with E-state index in [1.807, 2.05) is 18.2 Å². The normalized spacial score (nSPS) is 14.5. The number of benzene rings is 2. The highest BCUT2D eigenvalue weighted by atomic mass is 19.1. The minimum absolute atomic E-state index is 0.124. The van der Waals surface area contributed by atoms with E-state index in [1.54, 1.807) is 12.1 Å². The molecule has 0 atom stereocenters. The van der Waals surface area contributed by atoms with Crippen LogP contribution >= 0.6 is 0 Å². The first-order valence-electron chi connectivity index (χ1n) is 11.1. The van der Waals surface area contributed by atoms with Crippen molar-refractivity contribution in [1.29, 1.82) is 0 Å². The Balaban J connectivity index is 2.00. The third kappa shape index (κ3) is 4.50. The number of allylic oxidation sites excluding steroid dienone is 1. The zero-order chi connectivity index (χ0) is 22.7. The molecule has 0 fully saturated rings. The first-order valence-corrected chi connectivity index (χ1v) is 11.1. The molecule has 0 radical (unpaired) electrons. The summed E-state index contributed by atoms with van der Waals surface area (Å²) in [5.41, 5.74) is 8.17. The predicted molar refractivity (Wildman–Crippen MR) is 127 cm³/mol. The molecule has 0 amide bonds. The zero-order valence-electron chi connectivity index (χ0n) is 18.8. The number of hydrogen-bond acceptors (Lipinski definition) is 3. The average Bonchev–Trinajstić information content (AvgIpc) is 2.80. The maximum atomic E-state index is 13.7. The summed E-state index contributed by atoms with van der Waals surface area (Å²) in [4.78, 5) is 17.5. The van der Waals surface area contributed by atoms with Gasteiger partial charge >= 0.3 is 5.97 Å². The van der Waals surface area contributed by atoms with Gasteiger partial charge in [0.2, 0.25) is 0 Å². The monoisotopic (exact) mass is 429 g/mol. The number of hydrogen-bond donors (Lipinski definition) is 0. The van der Waals surface area contributed by atoms with Crippen LogP contribution in [0.1, 0.15) is 60.7 Å². The summed E-state index contributed by atoms with van der Waals surface area (Å²) in [5.74, 6) is -0.452. The first-order chi connectivity index (χ1) is 15.5. The molecule has 0 spiro atoms. The number of carbonyl (C=O) groups excluding carboxylic acids is 1. The summed E-state index contributed by atoms with van der Waals surface area (Å²) in [6, 6.07) is 16.8. The van der Waals surface area contributed by atoms with Gasteiger partial charge in [-0.25, -0.2) is 4.39 Å². The summed E-state index contributed by atoms with van der Waals surface area (Å²) >= 11 is 0. The summed E-state index contributed by atoms with van der Waals surface area (Å²) in [6.45, 7) is 4.18. The molecule has 0 saturated heterocycles. The third-order valence-electron chi connectivity index (χ3n) is 5.98. The Kier molecular flexibility index (Phi) is 6.50. The molecule has 1 aliphatic rings. The number of rotatable bonds is 5. The van der Waals surface area contributed by atoms with Gasteiger partial charge in [-0.05, 0) is 76.8 Å². The molecule has 2 aromatic carbocycles. The van der Waals surface area contributed by atoms with Crippen LogP contribution in [0.25, 0.3) is 22.8 Å². The molecule has 0 saturated carbocycles. The molecular formula is C28H28FNO2. The van der Waals surface area contributed by atoms with Gasteiger partial charge in [-0.15, -0.1) is 0 Å². The molecule has 0 aliphatic heterocycles. The maximum absolute atomic E-state index is 13.7. The van der Waals surface area contributed by atoms with Crippen molar-refractivity contribution >= 4 is 17.6 Å². The van der Waals surface area contributed by atoms with E-state index in [2.05, 4.69) is 32.1 Å². The lowest BCUT2D eigenvalue weighted by molar-refractivity contribution is -0.139. The number of ether oxygens (including phenoxy) is 1. The Morgan fingerprint density at radius 1 is 1.09 bits per heavy atom. The lowest BCUT2D eigenvalue weighted by Gasteiger charge is -2.27. The van der Waals surface area contributed by atoms with E-state index in [-0.39, 0.29) is 24.1 Å². The van der Waals surface area contributed by atoms with E-state index < -0.39 is 0 Å². The minimum atomic E-state index is -0.298. The number of fused-ring (bicyclic) bond motifs is 1. The molecule has 1 aliphatic carbocycles. The van der Waals surface area contributed by atoms with E-state index >= 15 is 0 Å². The lowest BCUT2D eigenvalue weighted by atomic mass is 9.81. The largest absolute Gasteiger partial charge is 0.469 e. The highest BCUT2D eigenvalue weighted by Gasteiger charge is 2.27. The van der Waals surface area contributed by atoms with Crippen molar-refractivity contribution in [1.82, 2.24) is 4.98 Å². The van der Waals surface area contributed by atoms with Gasteiger partial charge in [0.1, 0.15) is 5.82 Å². The first kappa shape index (κ1) is 21.9. The topological polar surface area (TPSA) is 39.2 Å². The highest BCUT2D eigenvalue weighted by molar-refractivity contribution is 5.88. The molecule has 0 N–H and O–H groups in total. The molecule has 0 bridgehead atoms. The number of pyridine rings is 1. The van der Waals surface area contributed by atoms with Crippen LogP contribution < -0.4 is 0 Å². The van der Waals surface area contributed by atoms with Crippen LogP contribution in [-0.4, -0.2) is 18.1 Å². The standard InChI is InChI=1S/C28H28FNO2/c1-18(2)27-24(17-25(31)32-3)26(20-12-14-22(29)15-13-20)23-11-7-10-21(28(23)30-27)16-19-8-5-4-6-9-19/h4-6,8-9,12-16,18H,7,10-11,17H2,1-3H3. The quantitative estimate of drug-likeness (QED) is 0.429. The van der Waals surface area contributed by atoms with Gasteiger partial charge in [0, 0.05) is 5.69 Å². The van der Waals surface area contributed by atoms with E-state index in [1.165, 1.54) is 24.8 Å². The SMILES string of the molecule is COC(=O)Cc1c(C(C)C)nc2c(c1-c1ccc(F)cc1)CCCC2=Cc1ccccc1. The van der Waals surface area contributed by atoms with E-state index in [4.69, 9.17) is 9.72 Å². The van der Waals surface area contributed by atoms with Crippen molar-refractivity contribution in [2.75, 3.05) is 7.11 Å². The van der Waals surface area contributed by atoms with Crippen LogP contribution in [0.2, 0.25) is 0 Å². The Hall–Kier alpha value is -3.27. The number of aromatic nitrogens is 1. The van der Waals surface area contributed by atoms with Gasteiger partial charge < -0.3 is 4.74 Å². The molecule has 4 heteroatoms. The molecule has 32 heavy (non-hydrogen) atoms. The Morgan fingerprint density at radius 2 is 1.81 bits per heavy atom. The Labute approximate surface area is 189 Å². The Bertz CT molecular complexity index is 1150. The van der Waals surface area contributed by atoms with Crippen molar-refractivity contribution in [2.24, 2.45) is 0 Å². The fraction of sp³-hybridized carbons (Fsp3) is 0.286. The second-order valence-corrected chi connectivity index (χ2v) is 8.53. The van der Waals surface area contributed by atoms with Gasteiger partial charge in [-0.2, -0.15) is 0 Å². The second kappa shape index (κ2) is 9.47. The van der Waals surface area contributed by atoms with Crippen LogP contribution in [-0.2, 0) is 22.4 Å². The number of esters is 1. The van der Waals surface area contributed by atoms with Crippen molar-refractivity contribution in [3.8, 4) is 11.1 Å². The van der Waals surface area contributed by atoms with Crippen molar-refractivity contribution in [3.63, 3.8) is 0 Å². The fourth-order valence-corrected chi connectivity index (χ4v) is 4.50. The van der Waals surface area contributed by atoms with Crippen LogP contribution in [0.5, 0.6) is 0 Å². The minimum Gasteiger partial charge on any atom is -0.469 e. The molecule has 3 aromatic rings. The van der Waals surface area contributed by atoms with Gasteiger partial charge in [0.05, 0.1) is 19.2 Å². The summed E-state index contributed by atoms with van der Waals surface area (Å²) in [5, 5.41) is 0. The van der Waals surface area contributed by atoms with Crippen LogP contribution in [0.4, 0.5) is 4.39 Å². The summed E-state index contributed by atoms with van der Waals surface area (Å²) in [7, 11) is 1.40. The average molecular weight is 430 g/mol. The smallest absolute Gasteiger partial charge is 0.310 e. The molecule has 3 nitrogen and oxygen atoms in total. The van der Waals surface area contributed by atoms with Crippen LogP contribution in [0, 0.1) is 5.82 Å².